The van der Waals surface area contributed by atoms with Crippen LogP contribution in [0.5, 0.6) is 0 Å². The van der Waals surface area contributed by atoms with Crippen molar-refractivity contribution in [1.29, 1.82) is 0 Å². The van der Waals surface area contributed by atoms with Crippen LogP contribution in [0, 0.1) is 0 Å². The molecular formula is C12H10ClN3O2S. The highest BCUT2D eigenvalue weighted by molar-refractivity contribution is 7.15. The van der Waals surface area contributed by atoms with Crippen LogP contribution in [0.15, 0.2) is 12.1 Å². The zero-order valence-electron chi connectivity index (χ0n) is 9.81. The first-order chi connectivity index (χ1) is 9.13. The van der Waals surface area contributed by atoms with E-state index in [0.717, 1.165) is 30.1 Å². The van der Waals surface area contributed by atoms with Crippen LogP contribution in [0.4, 0.5) is 10.9 Å². The molecule has 0 unspecified atom stereocenters. The van der Waals surface area contributed by atoms with Gasteiger partial charge in [0.2, 0.25) is 0 Å². The highest BCUT2D eigenvalue weighted by atomic mass is 35.5. The van der Waals surface area contributed by atoms with Gasteiger partial charge in [0.25, 0.3) is 0 Å². The number of halogens is 1. The van der Waals surface area contributed by atoms with E-state index in [1.807, 2.05) is 0 Å². The number of fused-ring (bicyclic) bond motifs is 1. The molecule has 2 heterocycles. The van der Waals surface area contributed by atoms with Gasteiger partial charge in [-0.3, -0.25) is 0 Å². The monoisotopic (exact) mass is 295 g/mol. The van der Waals surface area contributed by atoms with E-state index in [-0.39, 0.29) is 10.7 Å². The topological polar surface area (TPSA) is 75.1 Å². The highest BCUT2D eigenvalue weighted by Gasteiger charge is 2.17. The van der Waals surface area contributed by atoms with Gasteiger partial charge in [0, 0.05) is 4.88 Å². The van der Waals surface area contributed by atoms with Crippen LogP contribution in [-0.4, -0.2) is 21.0 Å². The number of thiazole rings is 1. The summed E-state index contributed by atoms with van der Waals surface area (Å²) in [6, 6.07) is 3.16. The van der Waals surface area contributed by atoms with Gasteiger partial charge in [0.05, 0.1) is 10.7 Å². The predicted octanol–water partition coefficient (Wildman–Crippen LogP) is 3.12. The molecule has 5 nitrogen and oxygen atoms in total. The molecule has 0 bridgehead atoms. The van der Waals surface area contributed by atoms with Gasteiger partial charge >= 0.3 is 5.97 Å². The molecule has 2 aromatic heterocycles. The molecule has 98 valence electrons. The summed E-state index contributed by atoms with van der Waals surface area (Å²) in [7, 11) is 0. The standard InChI is InChI=1S/C12H10ClN3O2S/c13-6-4-5-9(15-10(6)11(17)18)16-12-14-7-2-1-3-8(7)19-12/h4-5H,1-3H2,(H,17,18)(H,14,15,16). The average molecular weight is 296 g/mol. The second-order valence-corrected chi connectivity index (χ2v) is 5.69. The smallest absolute Gasteiger partial charge is 0.356 e. The molecule has 0 spiro atoms. The minimum atomic E-state index is -1.14. The molecule has 0 aliphatic heterocycles. The molecule has 2 aromatic rings. The largest absolute Gasteiger partial charge is 0.476 e. The van der Waals surface area contributed by atoms with Crippen LogP contribution in [0.3, 0.4) is 0 Å². The molecule has 2 N–H and O–H groups in total. The molecule has 0 radical (unpaired) electrons. The first-order valence-corrected chi connectivity index (χ1v) is 6.98. The van der Waals surface area contributed by atoms with Crippen LogP contribution in [-0.2, 0) is 12.8 Å². The number of carboxylic acid groups (broad SMARTS) is 1. The molecule has 0 fully saturated rings. The zero-order chi connectivity index (χ0) is 13.4. The van der Waals surface area contributed by atoms with Crippen molar-refractivity contribution in [3.8, 4) is 0 Å². The quantitative estimate of drug-likeness (QED) is 0.910. The van der Waals surface area contributed by atoms with Crippen molar-refractivity contribution in [2.75, 3.05) is 5.32 Å². The molecule has 1 aliphatic rings. The zero-order valence-corrected chi connectivity index (χ0v) is 11.4. The number of aryl methyl sites for hydroxylation is 2. The maximum atomic E-state index is 11.0. The summed E-state index contributed by atoms with van der Waals surface area (Å²) in [5, 5.41) is 12.9. The molecule has 0 saturated carbocycles. The number of hydrogen-bond donors (Lipinski definition) is 2. The average Bonchev–Trinajstić information content (AvgIpc) is 2.91. The Balaban J connectivity index is 1.86. The lowest BCUT2D eigenvalue weighted by Crippen LogP contribution is -2.04. The number of anilines is 2. The number of nitrogens with zero attached hydrogens (tertiary/aromatic N) is 2. The van der Waals surface area contributed by atoms with Crippen molar-refractivity contribution in [2.24, 2.45) is 0 Å². The highest BCUT2D eigenvalue weighted by Crippen LogP contribution is 2.32. The number of hydrogen-bond acceptors (Lipinski definition) is 5. The fraction of sp³-hybridized carbons (Fsp3) is 0.250. The summed E-state index contributed by atoms with van der Waals surface area (Å²) >= 11 is 7.36. The van der Waals surface area contributed by atoms with Crippen LogP contribution in [0.1, 0.15) is 27.5 Å². The van der Waals surface area contributed by atoms with Crippen molar-refractivity contribution in [3.05, 3.63) is 33.4 Å². The third-order valence-corrected chi connectivity index (χ3v) is 4.26. The fourth-order valence-corrected chi connectivity index (χ4v) is 3.26. The molecule has 7 heteroatoms. The van der Waals surface area contributed by atoms with Gasteiger partial charge in [-0.25, -0.2) is 14.8 Å². The molecule has 0 atom stereocenters. The lowest BCUT2D eigenvalue weighted by molar-refractivity contribution is 0.0691. The summed E-state index contributed by atoms with van der Waals surface area (Å²) < 4.78 is 0. The van der Waals surface area contributed by atoms with Crippen LogP contribution >= 0.6 is 22.9 Å². The van der Waals surface area contributed by atoms with Crippen molar-refractivity contribution in [1.82, 2.24) is 9.97 Å². The van der Waals surface area contributed by atoms with E-state index >= 15 is 0 Å². The number of pyridine rings is 1. The molecule has 0 amide bonds. The molecule has 3 rings (SSSR count). The first-order valence-electron chi connectivity index (χ1n) is 5.79. The van der Waals surface area contributed by atoms with Gasteiger partial charge in [0.15, 0.2) is 10.8 Å². The Morgan fingerprint density at radius 3 is 2.95 bits per heavy atom. The van der Waals surface area contributed by atoms with Crippen molar-refractivity contribution in [2.45, 2.75) is 19.3 Å². The number of aromatic nitrogens is 2. The Morgan fingerprint density at radius 1 is 1.37 bits per heavy atom. The Bertz CT molecular complexity index is 635. The van der Waals surface area contributed by atoms with E-state index < -0.39 is 5.97 Å². The minimum absolute atomic E-state index is 0.125. The van der Waals surface area contributed by atoms with Gasteiger partial charge in [-0.2, -0.15) is 0 Å². The van der Waals surface area contributed by atoms with Gasteiger partial charge in [-0.1, -0.05) is 11.6 Å². The van der Waals surface area contributed by atoms with Crippen molar-refractivity contribution < 1.29 is 9.90 Å². The van der Waals surface area contributed by atoms with Crippen LogP contribution in [0.25, 0.3) is 0 Å². The Morgan fingerprint density at radius 2 is 2.21 bits per heavy atom. The van der Waals surface area contributed by atoms with Gasteiger partial charge < -0.3 is 10.4 Å². The van der Waals surface area contributed by atoms with Crippen LogP contribution in [0.2, 0.25) is 5.02 Å². The number of rotatable bonds is 3. The molecule has 0 saturated heterocycles. The summed E-state index contributed by atoms with van der Waals surface area (Å²) in [6.45, 7) is 0. The molecule has 1 aliphatic carbocycles. The van der Waals surface area contributed by atoms with Gasteiger partial charge in [-0.05, 0) is 31.4 Å². The van der Waals surface area contributed by atoms with E-state index in [2.05, 4.69) is 15.3 Å². The van der Waals surface area contributed by atoms with E-state index in [0.29, 0.717) is 5.82 Å². The minimum Gasteiger partial charge on any atom is -0.476 e. The Kier molecular flexibility index (Phi) is 3.12. The van der Waals surface area contributed by atoms with Crippen LogP contribution < -0.4 is 5.32 Å². The normalized spacial score (nSPS) is 13.3. The SMILES string of the molecule is O=C(O)c1nc(Nc2nc3c(s2)CCC3)ccc1Cl. The van der Waals surface area contributed by atoms with Crippen molar-refractivity contribution in [3.63, 3.8) is 0 Å². The molecular weight excluding hydrogens is 286 g/mol. The summed E-state index contributed by atoms with van der Waals surface area (Å²) in [4.78, 5) is 20.7. The van der Waals surface area contributed by atoms with E-state index in [9.17, 15) is 4.79 Å². The van der Waals surface area contributed by atoms with Crippen molar-refractivity contribution >= 4 is 39.9 Å². The second-order valence-electron chi connectivity index (χ2n) is 4.20. The first kappa shape index (κ1) is 12.4. The number of carboxylic acids is 1. The van der Waals surface area contributed by atoms with Gasteiger partial charge in [0.1, 0.15) is 5.82 Å². The Labute approximate surface area is 118 Å². The lowest BCUT2D eigenvalue weighted by Gasteiger charge is -2.04. The maximum Gasteiger partial charge on any atom is 0.356 e. The number of aromatic carboxylic acids is 1. The third-order valence-electron chi connectivity index (χ3n) is 2.88. The van der Waals surface area contributed by atoms with E-state index in [4.69, 9.17) is 16.7 Å². The number of nitrogens with one attached hydrogen (secondary N) is 1. The summed E-state index contributed by atoms with van der Waals surface area (Å²) in [5.74, 6) is -0.704. The lowest BCUT2D eigenvalue weighted by atomic mass is 10.3. The third kappa shape index (κ3) is 2.41. The number of carbonyl (C=O) groups is 1. The van der Waals surface area contributed by atoms with E-state index in [1.165, 1.54) is 10.9 Å². The molecule has 19 heavy (non-hydrogen) atoms. The molecule has 0 aromatic carbocycles. The van der Waals surface area contributed by atoms with Gasteiger partial charge in [-0.15, -0.1) is 11.3 Å². The predicted molar refractivity (Wildman–Crippen MR) is 73.6 cm³/mol. The Hall–Kier alpha value is -1.66. The summed E-state index contributed by atoms with van der Waals surface area (Å²) in [6.07, 6.45) is 3.25. The fourth-order valence-electron chi connectivity index (χ4n) is 2.02. The second kappa shape index (κ2) is 4.79. The summed E-state index contributed by atoms with van der Waals surface area (Å²) in [5.41, 5.74) is 0.982. The maximum absolute atomic E-state index is 11.0. The van der Waals surface area contributed by atoms with E-state index in [1.54, 1.807) is 17.4 Å².